The minimum Gasteiger partial charge on any atom is -0.496 e. The number of carbonyl (C=O) groups excluding carboxylic acids is 1. The molecule has 0 amide bonds. The summed E-state index contributed by atoms with van der Waals surface area (Å²) in [5.41, 5.74) is 1.81. The van der Waals surface area contributed by atoms with Crippen LogP contribution < -0.4 is 4.74 Å². The van der Waals surface area contributed by atoms with Gasteiger partial charge >= 0.3 is 0 Å². The molecule has 19 heavy (non-hydrogen) atoms. The molecule has 0 atom stereocenters. The molecule has 98 valence electrons. The Morgan fingerprint density at radius 2 is 1.79 bits per heavy atom. The minimum absolute atomic E-state index is 0.151. The molecule has 0 fully saturated rings. The van der Waals surface area contributed by atoms with E-state index < -0.39 is 0 Å². The van der Waals surface area contributed by atoms with Gasteiger partial charge in [0.1, 0.15) is 5.75 Å². The lowest BCUT2D eigenvalue weighted by atomic mass is 10.0. The fourth-order valence-electron chi connectivity index (χ4n) is 1.94. The van der Waals surface area contributed by atoms with E-state index in [0.29, 0.717) is 12.8 Å². The average molecular weight is 319 g/mol. The molecule has 0 aliphatic carbocycles. The van der Waals surface area contributed by atoms with Crippen LogP contribution in [0.1, 0.15) is 22.3 Å². The normalized spacial score (nSPS) is 10.2. The number of carbonyl (C=O) groups is 1. The van der Waals surface area contributed by atoms with Gasteiger partial charge in [-0.15, -0.1) is 0 Å². The highest BCUT2D eigenvalue weighted by Gasteiger charge is 2.08. The molecule has 0 heterocycles. The van der Waals surface area contributed by atoms with Crippen LogP contribution in [0.15, 0.2) is 53.0 Å². The van der Waals surface area contributed by atoms with Crippen molar-refractivity contribution in [1.29, 1.82) is 0 Å². The summed E-state index contributed by atoms with van der Waals surface area (Å²) in [6.45, 7) is 0. The van der Waals surface area contributed by atoms with Crippen LogP contribution in [0.25, 0.3) is 0 Å². The highest BCUT2D eigenvalue weighted by molar-refractivity contribution is 9.10. The Morgan fingerprint density at radius 3 is 2.47 bits per heavy atom. The maximum Gasteiger partial charge on any atom is 0.163 e. The molecule has 0 aliphatic rings. The lowest BCUT2D eigenvalue weighted by Crippen LogP contribution is -2.02. The van der Waals surface area contributed by atoms with Crippen molar-refractivity contribution in [3.63, 3.8) is 0 Å². The van der Waals surface area contributed by atoms with Crippen molar-refractivity contribution in [1.82, 2.24) is 0 Å². The van der Waals surface area contributed by atoms with E-state index in [1.165, 1.54) is 0 Å². The van der Waals surface area contributed by atoms with Crippen LogP contribution in [-0.2, 0) is 6.42 Å². The Kier molecular flexibility index (Phi) is 4.74. The maximum atomic E-state index is 12.1. The highest BCUT2D eigenvalue weighted by Crippen LogP contribution is 2.20. The molecule has 0 radical (unpaired) electrons. The van der Waals surface area contributed by atoms with Crippen molar-refractivity contribution in [3.8, 4) is 5.75 Å². The molecule has 2 nitrogen and oxygen atoms in total. The molecule has 0 aromatic heterocycles. The fraction of sp³-hybridized carbons (Fsp3) is 0.188. The molecule has 0 bridgehead atoms. The van der Waals surface area contributed by atoms with Gasteiger partial charge in [0.15, 0.2) is 5.78 Å². The lowest BCUT2D eigenvalue weighted by Gasteiger charge is -2.07. The zero-order valence-corrected chi connectivity index (χ0v) is 12.3. The van der Waals surface area contributed by atoms with Crippen LogP contribution >= 0.6 is 15.9 Å². The van der Waals surface area contributed by atoms with E-state index in [0.717, 1.165) is 21.3 Å². The number of hydrogen-bond donors (Lipinski definition) is 0. The number of para-hydroxylation sites is 1. The van der Waals surface area contributed by atoms with Gasteiger partial charge in [0.2, 0.25) is 0 Å². The number of halogens is 1. The minimum atomic E-state index is 0.151. The molecule has 2 aromatic carbocycles. The molecule has 0 N–H and O–H groups in total. The third-order valence-electron chi connectivity index (χ3n) is 2.98. The molecule has 0 saturated heterocycles. The van der Waals surface area contributed by atoms with Crippen molar-refractivity contribution in [2.75, 3.05) is 7.11 Å². The summed E-state index contributed by atoms with van der Waals surface area (Å²) < 4.78 is 6.26. The monoisotopic (exact) mass is 318 g/mol. The van der Waals surface area contributed by atoms with Gasteiger partial charge in [-0.2, -0.15) is 0 Å². The predicted molar refractivity (Wildman–Crippen MR) is 79.8 cm³/mol. The van der Waals surface area contributed by atoms with Crippen molar-refractivity contribution >= 4 is 21.7 Å². The van der Waals surface area contributed by atoms with E-state index >= 15 is 0 Å². The molecular weight excluding hydrogens is 304 g/mol. The van der Waals surface area contributed by atoms with E-state index in [9.17, 15) is 4.79 Å². The maximum absolute atomic E-state index is 12.1. The van der Waals surface area contributed by atoms with Crippen LogP contribution in [0, 0.1) is 0 Å². The van der Waals surface area contributed by atoms with Crippen molar-refractivity contribution < 1.29 is 9.53 Å². The van der Waals surface area contributed by atoms with E-state index in [2.05, 4.69) is 15.9 Å². The first-order valence-corrected chi connectivity index (χ1v) is 6.90. The smallest absolute Gasteiger partial charge is 0.163 e. The number of ether oxygens (including phenoxy) is 1. The Balaban J connectivity index is 2.02. The number of Topliss-reactive ketones (excluding diaryl/α,β-unsaturated/α-hetero) is 1. The number of methoxy groups -OCH3 is 1. The van der Waals surface area contributed by atoms with Crippen LogP contribution in [0.4, 0.5) is 0 Å². The van der Waals surface area contributed by atoms with Crippen LogP contribution in [0.5, 0.6) is 5.75 Å². The van der Waals surface area contributed by atoms with Gasteiger partial charge in [0.25, 0.3) is 0 Å². The molecule has 3 heteroatoms. The number of aryl methyl sites for hydroxylation is 1. The Hall–Kier alpha value is -1.61. The number of benzene rings is 2. The van der Waals surface area contributed by atoms with E-state index in [4.69, 9.17) is 4.74 Å². The first-order chi connectivity index (χ1) is 9.20. The van der Waals surface area contributed by atoms with Crippen LogP contribution in [0.3, 0.4) is 0 Å². The molecular formula is C16H15BrO2. The highest BCUT2D eigenvalue weighted by atomic mass is 79.9. The van der Waals surface area contributed by atoms with Gasteiger partial charge in [-0.05, 0) is 30.2 Å². The fourth-order valence-corrected chi connectivity index (χ4v) is 2.20. The van der Waals surface area contributed by atoms with Gasteiger partial charge in [-0.1, -0.05) is 46.3 Å². The SMILES string of the molecule is COc1ccccc1CCC(=O)c1ccc(Br)cc1. The van der Waals surface area contributed by atoms with Gasteiger partial charge in [0, 0.05) is 16.5 Å². The second-order valence-electron chi connectivity index (χ2n) is 4.24. The zero-order chi connectivity index (χ0) is 13.7. The summed E-state index contributed by atoms with van der Waals surface area (Å²) in [5.74, 6) is 0.990. The second-order valence-corrected chi connectivity index (χ2v) is 5.16. The van der Waals surface area contributed by atoms with E-state index in [-0.39, 0.29) is 5.78 Å². The molecule has 0 unspecified atom stereocenters. The van der Waals surface area contributed by atoms with Crippen molar-refractivity contribution in [2.24, 2.45) is 0 Å². The molecule has 2 rings (SSSR count). The average Bonchev–Trinajstić information content (AvgIpc) is 2.45. The third-order valence-corrected chi connectivity index (χ3v) is 3.51. The Labute approximate surface area is 121 Å². The first-order valence-electron chi connectivity index (χ1n) is 6.11. The standard InChI is InChI=1S/C16H15BrO2/c1-19-16-5-3-2-4-13(16)8-11-15(18)12-6-9-14(17)10-7-12/h2-7,9-10H,8,11H2,1H3. The molecule has 0 spiro atoms. The zero-order valence-electron chi connectivity index (χ0n) is 10.7. The van der Waals surface area contributed by atoms with Gasteiger partial charge < -0.3 is 4.74 Å². The summed E-state index contributed by atoms with van der Waals surface area (Å²) in [5, 5.41) is 0. The summed E-state index contributed by atoms with van der Waals surface area (Å²) in [6.07, 6.45) is 1.18. The molecule has 0 saturated carbocycles. The quantitative estimate of drug-likeness (QED) is 0.769. The Bertz CT molecular complexity index is 561. The third kappa shape index (κ3) is 3.67. The largest absolute Gasteiger partial charge is 0.496 e. The summed E-state index contributed by atoms with van der Waals surface area (Å²) in [4.78, 5) is 12.1. The van der Waals surface area contributed by atoms with Gasteiger partial charge in [-0.3, -0.25) is 4.79 Å². The number of ketones is 1. The first kappa shape index (κ1) is 13.8. The van der Waals surface area contributed by atoms with Crippen molar-refractivity contribution in [3.05, 3.63) is 64.1 Å². The topological polar surface area (TPSA) is 26.3 Å². The van der Waals surface area contributed by atoms with Gasteiger partial charge in [0.05, 0.1) is 7.11 Å². The summed E-state index contributed by atoms with van der Waals surface area (Å²) >= 11 is 3.36. The number of rotatable bonds is 5. The second kappa shape index (κ2) is 6.53. The lowest BCUT2D eigenvalue weighted by molar-refractivity contribution is 0.0982. The summed E-state index contributed by atoms with van der Waals surface area (Å²) in [6, 6.07) is 15.3. The van der Waals surface area contributed by atoms with Crippen molar-refractivity contribution in [2.45, 2.75) is 12.8 Å². The summed E-state index contributed by atoms with van der Waals surface area (Å²) in [7, 11) is 1.65. The van der Waals surface area contributed by atoms with Gasteiger partial charge in [-0.25, -0.2) is 0 Å². The molecule has 0 aliphatic heterocycles. The van der Waals surface area contributed by atoms with E-state index in [1.54, 1.807) is 7.11 Å². The predicted octanol–water partition coefficient (Wildman–Crippen LogP) is 4.27. The van der Waals surface area contributed by atoms with Crippen LogP contribution in [0.2, 0.25) is 0 Å². The number of hydrogen-bond acceptors (Lipinski definition) is 2. The molecule has 2 aromatic rings. The van der Waals surface area contributed by atoms with E-state index in [1.807, 2.05) is 48.5 Å². The Morgan fingerprint density at radius 1 is 1.11 bits per heavy atom. The van der Waals surface area contributed by atoms with Crippen LogP contribution in [-0.4, -0.2) is 12.9 Å².